The fourth-order valence-corrected chi connectivity index (χ4v) is 2.69. The Bertz CT molecular complexity index is 776. The number of hydrogen-bond acceptors (Lipinski definition) is 3. The second-order valence-electron chi connectivity index (χ2n) is 6.06. The van der Waals surface area contributed by atoms with Crippen LogP contribution in [0.5, 0.6) is 5.75 Å². The fraction of sp³-hybridized carbons (Fsp3) is 0.136. The van der Waals surface area contributed by atoms with E-state index in [1.54, 1.807) is 24.3 Å². The zero-order valence-corrected chi connectivity index (χ0v) is 14.4. The van der Waals surface area contributed by atoms with Crippen molar-refractivity contribution >= 4 is 5.97 Å². The molecule has 0 aliphatic rings. The lowest BCUT2D eigenvalue weighted by atomic mass is 10.2. The van der Waals surface area contributed by atoms with Crippen LogP contribution in [0.4, 0.5) is 0 Å². The number of rotatable bonds is 8. The number of carbonyl (C=O) groups is 1. The maximum atomic E-state index is 10.9. The van der Waals surface area contributed by atoms with Crippen molar-refractivity contribution in [3.63, 3.8) is 0 Å². The van der Waals surface area contributed by atoms with Gasteiger partial charge in [0.25, 0.3) is 0 Å². The molecule has 0 bridgehead atoms. The average molecular weight is 347 g/mol. The van der Waals surface area contributed by atoms with Crippen molar-refractivity contribution in [2.24, 2.45) is 0 Å². The Morgan fingerprint density at radius 3 is 1.73 bits per heavy atom. The number of nitrogens with zero attached hydrogens (tertiary/aromatic N) is 1. The largest absolute Gasteiger partial charge is 0.478 e. The van der Waals surface area contributed by atoms with Crippen molar-refractivity contribution in [3.8, 4) is 5.75 Å². The molecule has 0 amide bonds. The Morgan fingerprint density at radius 1 is 0.769 bits per heavy atom. The van der Waals surface area contributed by atoms with Crippen LogP contribution >= 0.6 is 0 Å². The third-order valence-electron chi connectivity index (χ3n) is 4.01. The van der Waals surface area contributed by atoms with Gasteiger partial charge in [0.05, 0.1) is 5.56 Å². The number of aromatic carboxylic acids is 1. The van der Waals surface area contributed by atoms with Crippen molar-refractivity contribution in [1.82, 2.24) is 4.90 Å². The molecule has 4 heteroatoms. The predicted octanol–water partition coefficient (Wildman–Crippen LogP) is 4.42. The zero-order valence-electron chi connectivity index (χ0n) is 14.4. The SMILES string of the molecule is O=C(O)c1ccc(OCN(Cc2ccccc2)Cc2ccccc2)cc1. The first kappa shape index (κ1) is 17.7. The molecule has 26 heavy (non-hydrogen) atoms. The first-order chi connectivity index (χ1) is 12.7. The Balaban J connectivity index is 1.67. The van der Waals surface area contributed by atoms with Crippen LogP contribution in [0.15, 0.2) is 84.9 Å². The Morgan fingerprint density at radius 2 is 1.27 bits per heavy atom. The molecule has 4 nitrogen and oxygen atoms in total. The summed E-state index contributed by atoms with van der Waals surface area (Å²) in [5, 5.41) is 8.97. The monoisotopic (exact) mass is 347 g/mol. The molecule has 132 valence electrons. The molecule has 0 aliphatic heterocycles. The molecule has 0 saturated heterocycles. The highest BCUT2D eigenvalue weighted by Crippen LogP contribution is 2.15. The molecule has 3 rings (SSSR count). The predicted molar refractivity (Wildman–Crippen MR) is 101 cm³/mol. The van der Waals surface area contributed by atoms with E-state index in [4.69, 9.17) is 9.84 Å². The molecular weight excluding hydrogens is 326 g/mol. The first-order valence-electron chi connectivity index (χ1n) is 8.47. The first-order valence-corrected chi connectivity index (χ1v) is 8.47. The molecule has 3 aromatic rings. The van der Waals surface area contributed by atoms with Gasteiger partial charge in [0.15, 0.2) is 0 Å². The second-order valence-corrected chi connectivity index (χ2v) is 6.06. The van der Waals surface area contributed by atoms with E-state index >= 15 is 0 Å². The summed E-state index contributed by atoms with van der Waals surface area (Å²) >= 11 is 0. The zero-order chi connectivity index (χ0) is 18.2. The topological polar surface area (TPSA) is 49.8 Å². The molecule has 0 unspecified atom stereocenters. The third-order valence-corrected chi connectivity index (χ3v) is 4.01. The molecule has 0 spiro atoms. The van der Waals surface area contributed by atoms with Gasteiger partial charge in [-0.3, -0.25) is 4.90 Å². The van der Waals surface area contributed by atoms with Crippen LogP contribution < -0.4 is 4.74 Å². The minimum absolute atomic E-state index is 0.253. The van der Waals surface area contributed by atoms with Crippen molar-refractivity contribution in [2.45, 2.75) is 13.1 Å². The fourth-order valence-electron chi connectivity index (χ4n) is 2.69. The van der Waals surface area contributed by atoms with Crippen molar-refractivity contribution < 1.29 is 14.6 Å². The minimum Gasteiger partial charge on any atom is -0.478 e. The van der Waals surface area contributed by atoms with Gasteiger partial charge in [-0.05, 0) is 35.4 Å². The highest BCUT2D eigenvalue weighted by molar-refractivity contribution is 5.87. The highest BCUT2D eigenvalue weighted by Gasteiger charge is 2.09. The van der Waals surface area contributed by atoms with E-state index in [2.05, 4.69) is 29.2 Å². The summed E-state index contributed by atoms with van der Waals surface area (Å²) < 4.78 is 5.88. The van der Waals surface area contributed by atoms with Crippen molar-refractivity contribution in [3.05, 3.63) is 102 Å². The van der Waals surface area contributed by atoms with Gasteiger partial charge in [-0.15, -0.1) is 0 Å². The molecule has 0 fully saturated rings. The van der Waals surface area contributed by atoms with Crippen molar-refractivity contribution in [1.29, 1.82) is 0 Å². The smallest absolute Gasteiger partial charge is 0.335 e. The number of benzene rings is 3. The van der Waals surface area contributed by atoms with Gasteiger partial charge >= 0.3 is 5.97 Å². The van der Waals surface area contributed by atoms with Gasteiger partial charge in [-0.1, -0.05) is 60.7 Å². The normalized spacial score (nSPS) is 10.7. The maximum Gasteiger partial charge on any atom is 0.335 e. The molecular formula is C22H21NO3. The minimum atomic E-state index is -0.939. The Kier molecular flexibility index (Phi) is 6.01. The van der Waals surface area contributed by atoms with E-state index < -0.39 is 5.97 Å². The molecule has 0 aliphatic carbocycles. The summed E-state index contributed by atoms with van der Waals surface area (Å²) in [6.07, 6.45) is 0. The molecule has 0 radical (unpaired) electrons. The van der Waals surface area contributed by atoms with Gasteiger partial charge in [0.2, 0.25) is 0 Å². The standard InChI is InChI=1S/C22H21NO3/c24-22(25)20-11-13-21(14-12-20)26-17-23(15-18-7-3-1-4-8-18)16-19-9-5-2-6-10-19/h1-14H,15-17H2,(H,24,25). The van der Waals surface area contributed by atoms with E-state index in [0.29, 0.717) is 12.5 Å². The quantitative estimate of drug-likeness (QED) is 0.613. The lowest BCUT2D eigenvalue weighted by molar-refractivity contribution is 0.0696. The molecule has 0 saturated carbocycles. The molecule has 0 heterocycles. The number of carboxylic acids is 1. The summed E-state index contributed by atoms with van der Waals surface area (Å²) in [6, 6.07) is 27.0. The summed E-state index contributed by atoms with van der Waals surface area (Å²) in [5.41, 5.74) is 2.68. The van der Waals surface area contributed by atoms with Gasteiger partial charge in [-0.2, -0.15) is 0 Å². The molecule has 0 atom stereocenters. The summed E-state index contributed by atoms with van der Waals surface area (Å²) in [7, 11) is 0. The van der Waals surface area contributed by atoms with E-state index in [1.807, 2.05) is 36.4 Å². The molecule has 0 aromatic heterocycles. The van der Waals surface area contributed by atoms with Crippen LogP contribution in [-0.2, 0) is 13.1 Å². The van der Waals surface area contributed by atoms with Gasteiger partial charge in [0, 0.05) is 13.1 Å². The summed E-state index contributed by atoms with van der Waals surface area (Å²) in [5.74, 6) is -0.285. The van der Waals surface area contributed by atoms with E-state index in [9.17, 15) is 4.79 Å². The van der Waals surface area contributed by atoms with Crippen LogP contribution in [0.3, 0.4) is 0 Å². The van der Waals surface area contributed by atoms with E-state index in [0.717, 1.165) is 13.1 Å². The Labute approximate surface area is 153 Å². The van der Waals surface area contributed by atoms with Crippen molar-refractivity contribution in [2.75, 3.05) is 6.73 Å². The van der Waals surface area contributed by atoms with E-state index in [1.165, 1.54) is 11.1 Å². The van der Waals surface area contributed by atoms with Crippen LogP contribution in [0.1, 0.15) is 21.5 Å². The van der Waals surface area contributed by atoms with E-state index in [-0.39, 0.29) is 5.56 Å². The van der Waals surface area contributed by atoms with Crippen LogP contribution in [-0.4, -0.2) is 22.7 Å². The van der Waals surface area contributed by atoms with Gasteiger partial charge in [0.1, 0.15) is 12.5 Å². The lowest BCUT2D eigenvalue weighted by Crippen LogP contribution is -2.27. The van der Waals surface area contributed by atoms with Gasteiger partial charge < -0.3 is 9.84 Å². The summed E-state index contributed by atoms with van der Waals surface area (Å²) in [6.45, 7) is 1.95. The summed E-state index contributed by atoms with van der Waals surface area (Å²) in [4.78, 5) is 13.1. The van der Waals surface area contributed by atoms with Crippen LogP contribution in [0, 0.1) is 0 Å². The van der Waals surface area contributed by atoms with Gasteiger partial charge in [-0.25, -0.2) is 4.79 Å². The molecule has 3 aromatic carbocycles. The number of hydrogen-bond donors (Lipinski definition) is 1. The average Bonchev–Trinajstić information content (AvgIpc) is 2.68. The third kappa shape index (κ3) is 5.19. The molecule has 1 N–H and O–H groups in total. The maximum absolute atomic E-state index is 10.9. The number of carboxylic acid groups (broad SMARTS) is 1. The van der Waals surface area contributed by atoms with Crippen LogP contribution in [0.2, 0.25) is 0 Å². The lowest BCUT2D eigenvalue weighted by Gasteiger charge is -2.23. The number of ether oxygens (including phenoxy) is 1. The Hall–Kier alpha value is -3.11. The van der Waals surface area contributed by atoms with Crippen LogP contribution in [0.25, 0.3) is 0 Å². The second kappa shape index (κ2) is 8.83. The highest BCUT2D eigenvalue weighted by atomic mass is 16.5.